The summed E-state index contributed by atoms with van der Waals surface area (Å²) in [6.45, 7) is 0. The van der Waals surface area contributed by atoms with Gasteiger partial charge in [-0.2, -0.15) is 0 Å². The Bertz CT molecular complexity index is 3950. The van der Waals surface area contributed by atoms with E-state index in [1.807, 2.05) is 0 Å². The lowest BCUT2D eigenvalue weighted by Gasteiger charge is -2.14. The molecule has 0 amide bonds. The summed E-state index contributed by atoms with van der Waals surface area (Å²) in [7, 11) is 0. The van der Waals surface area contributed by atoms with Gasteiger partial charge in [-0.1, -0.05) is 158 Å². The summed E-state index contributed by atoms with van der Waals surface area (Å²) in [5, 5.41) is 8.27. The Balaban J connectivity index is 0.969. The molecule has 298 valence electrons. The molecule has 64 heavy (non-hydrogen) atoms. The van der Waals surface area contributed by atoms with Crippen LogP contribution >= 0.6 is 0 Å². The molecule has 0 saturated carbocycles. The second kappa shape index (κ2) is 14.5. The second-order valence-electron chi connectivity index (χ2n) is 16.6. The smallest absolute Gasteiger partial charge is 0.160 e. The fourth-order valence-electron chi connectivity index (χ4n) is 9.94. The van der Waals surface area contributed by atoms with E-state index in [1.165, 1.54) is 43.7 Å². The lowest BCUT2D eigenvalue weighted by atomic mass is 9.98. The third-order valence-electron chi connectivity index (χ3n) is 12.9. The first-order chi connectivity index (χ1) is 31.7. The minimum Gasteiger partial charge on any atom is -0.309 e. The summed E-state index contributed by atoms with van der Waals surface area (Å²) >= 11 is 0. The number of fused-ring (bicyclic) bond motifs is 9. The highest BCUT2D eigenvalue weighted by Crippen LogP contribution is 2.40. The molecule has 0 bridgehead atoms. The third kappa shape index (κ3) is 5.77. The lowest BCUT2D eigenvalue weighted by Crippen LogP contribution is -1.98. The number of hydrogen-bond donors (Lipinski definition) is 0. The average molecular weight is 815 g/mol. The van der Waals surface area contributed by atoms with Crippen LogP contribution in [0.1, 0.15) is 0 Å². The fraction of sp³-hybridized carbons (Fsp3) is 0. The zero-order valence-corrected chi connectivity index (χ0v) is 34.7. The van der Waals surface area contributed by atoms with E-state index >= 15 is 0 Å². The van der Waals surface area contributed by atoms with Crippen LogP contribution in [0, 0.1) is 0 Å². The predicted molar refractivity (Wildman–Crippen MR) is 267 cm³/mol. The van der Waals surface area contributed by atoms with Crippen molar-refractivity contribution in [3.63, 3.8) is 0 Å². The van der Waals surface area contributed by atoms with E-state index in [9.17, 15) is 0 Å². The lowest BCUT2D eigenvalue weighted by molar-refractivity contribution is 1.18. The molecule has 0 aliphatic rings. The van der Waals surface area contributed by atoms with Gasteiger partial charge in [-0.15, -0.1) is 0 Å². The van der Waals surface area contributed by atoms with Crippen LogP contribution < -0.4 is 0 Å². The molecule has 0 fully saturated rings. The van der Waals surface area contributed by atoms with Crippen LogP contribution in [-0.2, 0) is 0 Å². The van der Waals surface area contributed by atoms with E-state index < -0.39 is 0 Å². The van der Waals surface area contributed by atoms with Gasteiger partial charge in [0.1, 0.15) is 0 Å². The van der Waals surface area contributed by atoms with Crippen LogP contribution in [0.25, 0.3) is 122 Å². The third-order valence-corrected chi connectivity index (χ3v) is 12.9. The number of benzene rings is 10. The second-order valence-corrected chi connectivity index (χ2v) is 16.6. The van der Waals surface area contributed by atoms with E-state index in [-0.39, 0.29) is 0 Å². The highest BCUT2D eigenvalue weighted by molar-refractivity contribution is 6.14. The van der Waals surface area contributed by atoms with Crippen LogP contribution in [0.2, 0.25) is 0 Å². The Morgan fingerprint density at radius 1 is 0.281 bits per heavy atom. The molecule has 0 aliphatic carbocycles. The summed E-state index contributed by atoms with van der Waals surface area (Å²) in [6.07, 6.45) is 0. The molecule has 0 N–H and O–H groups in total. The highest BCUT2D eigenvalue weighted by atomic mass is 15.0. The average Bonchev–Trinajstić information content (AvgIpc) is 3.89. The maximum absolute atomic E-state index is 5.46. The summed E-state index contributed by atoms with van der Waals surface area (Å²) < 4.78 is 4.77. The van der Waals surface area contributed by atoms with Gasteiger partial charge in [0.2, 0.25) is 0 Å². The maximum Gasteiger partial charge on any atom is 0.160 e. The Hall–Kier alpha value is -8.60. The van der Waals surface area contributed by atoms with E-state index in [0.717, 1.165) is 72.0 Å². The molecule has 4 heteroatoms. The van der Waals surface area contributed by atoms with Crippen molar-refractivity contribution in [2.45, 2.75) is 0 Å². The largest absolute Gasteiger partial charge is 0.309 e. The molecule has 3 heterocycles. The molecule has 13 rings (SSSR count). The molecule has 3 aromatic heterocycles. The first-order valence-corrected chi connectivity index (χ1v) is 21.8. The number of nitrogens with zero attached hydrogens (tertiary/aromatic N) is 4. The van der Waals surface area contributed by atoms with E-state index in [4.69, 9.17) is 9.97 Å². The van der Waals surface area contributed by atoms with Crippen molar-refractivity contribution >= 4 is 65.3 Å². The van der Waals surface area contributed by atoms with E-state index in [1.54, 1.807) is 0 Å². The van der Waals surface area contributed by atoms with Crippen LogP contribution in [0.5, 0.6) is 0 Å². The summed E-state index contributed by atoms with van der Waals surface area (Å²) in [5.74, 6) is 0.702. The van der Waals surface area contributed by atoms with E-state index in [0.29, 0.717) is 5.82 Å². The molecule has 0 aliphatic heterocycles. The minimum absolute atomic E-state index is 0.702. The maximum atomic E-state index is 5.46. The van der Waals surface area contributed by atoms with Crippen LogP contribution in [0.4, 0.5) is 0 Å². The van der Waals surface area contributed by atoms with Crippen molar-refractivity contribution in [1.82, 2.24) is 19.1 Å². The summed E-state index contributed by atoms with van der Waals surface area (Å²) in [6, 6.07) is 82.8. The molecular weight excluding hydrogens is 777 g/mol. The summed E-state index contributed by atoms with van der Waals surface area (Å²) in [4.78, 5) is 10.7. The van der Waals surface area contributed by atoms with Gasteiger partial charge < -0.3 is 9.13 Å². The van der Waals surface area contributed by atoms with Crippen LogP contribution in [0.3, 0.4) is 0 Å². The van der Waals surface area contributed by atoms with Crippen molar-refractivity contribution < 1.29 is 0 Å². The predicted octanol–water partition coefficient (Wildman–Crippen LogP) is 15.6. The molecule has 13 aromatic rings. The zero-order chi connectivity index (χ0) is 42.1. The van der Waals surface area contributed by atoms with Gasteiger partial charge >= 0.3 is 0 Å². The van der Waals surface area contributed by atoms with Crippen molar-refractivity contribution in [1.29, 1.82) is 0 Å². The van der Waals surface area contributed by atoms with Gasteiger partial charge in [0.25, 0.3) is 0 Å². The Morgan fingerprint density at radius 2 is 0.797 bits per heavy atom. The number of para-hydroxylation sites is 3. The molecule has 0 spiro atoms. The topological polar surface area (TPSA) is 35.6 Å². The van der Waals surface area contributed by atoms with Crippen LogP contribution in [-0.4, -0.2) is 19.1 Å². The van der Waals surface area contributed by atoms with Gasteiger partial charge in [-0.05, 0) is 106 Å². The zero-order valence-electron chi connectivity index (χ0n) is 34.7. The number of aromatic nitrogens is 4. The monoisotopic (exact) mass is 814 g/mol. The SMILES string of the molecule is c1ccc(-c2cccc(-c3nc(-c4cccc(-n5c6ccccc6c6cc(-c7ccc8c(c7)c7ccccc7n8-c7ccccc7)ccc65)c4)c4c(ccc5ccccc54)n3)c2)cc1. The summed E-state index contributed by atoms with van der Waals surface area (Å²) in [5.41, 5.74) is 15.5. The Kier molecular flexibility index (Phi) is 8.18. The van der Waals surface area contributed by atoms with Crippen LogP contribution in [0.15, 0.2) is 231 Å². The van der Waals surface area contributed by atoms with Gasteiger partial charge in [0, 0.05) is 49.4 Å². The number of rotatable bonds is 6. The fourth-order valence-corrected chi connectivity index (χ4v) is 9.94. The van der Waals surface area contributed by atoms with E-state index in [2.05, 4.69) is 240 Å². The molecule has 10 aromatic carbocycles. The molecule has 0 atom stereocenters. The van der Waals surface area contributed by atoms with Gasteiger partial charge in [-0.25, -0.2) is 9.97 Å². The molecule has 0 saturated heterocycles. The normalized spacial score (nSPS) is 11.8. The minimum atomic E-state index is 0.702. The van der Waals surface area contributed by atoms with Crippen molar-refractivity contribution in [2.24, 2.45) is 0 Å². The quantitative estimate of drug-likeness (QED) is 0.157. The molecule has 0 unspecified atom stereocenters. The first-order valence-electron chi connectivity index (χ1n) is 21.8. The highest BCUT2D eigenvalue weighted by Gasteiger charge is 2.19. The molecule has 0 radical (unpaired) electrons. The molecule has 4 nitrogen and oxygen atoms in total. The number of hydrogen-bond acceptors (Lipinski definition) is 2. The Morgan fingerprint density at radius 3 is 1.52 bits per heavy atom. The van der Waals surface area contributed by atoms with Crippen molar-refractivity contribution in [3.05, 3.63) is 231 Å². The Labute approximate surface area is 369 Å². The van der Waals surface area contributed by atoms with Crippen molar-refractivity contribution in [2.75, 3.05) is 0 Å². The standard InChI is InChI=1S/C60H38N4/c1-3-15-39(16-4-1)41-18-13-20-45(35-41)60-61-53-32-29-40-17-7-8-24-48(40)58(53)59(62-60)44-19-14-23-47(36-44)64-55-28-12-10-26-50(55)52-38-43(31-34-57(52)64)42-30-33-56-51(37-42)49-25-9-11-27-54(49)63(56)46-21-5-2-6-22-46/h1-38H. The molecular formula is C60H38N4. The van der Waals surface area contributed by atoms with Crippen molar-refractivity contribution in [3.8, 4) is 56.3 Å². The van der Waals surface area contributed by atoms with Gasteiger partial charge in [0.05, 0.1) is 33.3 Å². The first kappa shape index (κ1) is 36.1. The van der Waals surface area contributed by atoms with Gasteiger partial charge in [0.15, 0.2) is 5.82 Å². The van der Waals surface area contributed by atoms with Gasteiger partial charge in [-0.3, -0.25) is 0 Å².